The first kappa shape index (κ1) is 12.4. The monoisotopic (exact) mass is 288 g/mol. The molecule has 0 N–H and O–H groups in total. The van der Waals surface area contributed by atoms with Crippen LogP contribution >= 0.6 is 23.5 Å². The molecular formula is C17H20S2. The van der Waals surface area contributed by atoms with Crippen LogP contribution in [0.3, 0.4) is 0 Å². The lowest BCUT2D eigenvalue weighted by atomic mass is 9.64. The Morgan fingerprint density at radius 2 is 1.84 bits per heavy atom. The smallest absolute Gasteiger partial charge is 0.0301 e. The van der Waals surface area contributed by atoms with Gasteiger partial charge < -0.3 is 0 Å². The molecule has 1 aromatic rings. The Bertz CT molecular complexity index is 505. The third kappa shape index (κ3) is 1.83. The molecule has 0 radical (unpaired) electrons. The van der Waals surface area contributed by atoms with Crippen LogP contribution in [0.2, 0.25) is 0 Å². The number of fused-ring (bicyclic) bond motifs is 2. The van der Waals surface area contributed by atoms with Gasteiger partial charge in [0.05, 0.1) is 0 Å². The summed E-state index contributed by atoms with van der Waals surface area (Å²) < 4.78 is 0. The van der Waals surface area contributed by atoms with Gasteiger partial charge in [0.1, 0.15) is 0 Å². The summed E-state index contributed by atoms with van der Waals surface area (Å²) in [5.74, 6) is 3.51. The molecule has 2 atom stereocenters. The quantitative estimate of drug-likeness (QED) is 0.695. The van der Waals surface area contributed by atoms with E-state index >= 15 is 0 Å². The average Bonchev–Trinajstić information content (AvgIpc) is 2.84. The molecule has 0 spiro atoms. The zero-order valence-electron chi connectivity index (χ0n) is 11.2. The Hall–Kier alpha value is -0.340. The van der Waals surface area contributed by atoms with Crippen molar-refractivity contribution in [2.75, 3.05) is 11.5 Å². The SMILES string of the molecule is c1ccc([C@]23CCCC[C@H]2CC2=C3SCCS2)cc1. The van der Waals surface area contributed by atoms with E-state index in [-0.39, 0.29) is 0 Å². The van der Waals surface area contributed by atoms with E-state index in [1.807, 2.05) is 0 Å². The Balaban J connectivity index is 1.86. The Morgan fingerprint density at radius 3 is 2.74 bits per heavy atom. The highest BCUT2D eigenvalue weighted by molar-refractivity contribution is 8.10. The van der Waals surface area contributed by atoms with E-state index < -0.39 is 0 Å². The fourth-order valence-electron chi connectivity index (χ4n) is 4.27. The van der Waals surface area contributed by atoms with Crippen LogP contribution in [0.5, 0.6) is 0 Å². The number of thioether (sulfide) groups is 2. The molecule has 0 aromatic heterocycles. The summed E-state index contributed by atoms with van der Waals surface area (Å²) in [6.07, 6.45) is 7.03. The van der Waals surface area contributed by atoms with Gasteiger partial charge in [-0.1, -0.05) is 43.2 Å². The van der Waals surface area contributed by atoms with Crippen LogP contribution < -0.4 is 0 Å². The maximum absolute atomic E-state index is 2.38. The first-order valence-corrected chi connectivity index (χ1v) is 9.43. The highest BCUT2D eigenvalue weighted by Crippen LogP contribution is 2.62. The average molecular weight is 288 g/mol. The largest absolute Gasteiger partial charge is 0.129 e. The van der Waals surface area contributed by atoms with Crippen molar-refractivity contribution < 1.29 is 0 Å². The highest BCUT2D eigenvalue weighted by atomic mass is 32.2. The van der Waals surface area contributed by atoms with Crippen LogP contribution in [-0.2, 0) is 5.41 Å². The van der Waals surface area contributed by atoms with Gasteiger partial charge >= 0.3 is 0 Å². The first-order chi connectivity index (χ1) is 9.41. The summed E-state index contributed by atoms with van der Waals surface area (Å²) in [7, 11) is 0. The molecule has 100 valence electrons. The van der Waals surface area contributed by atoms with Crippen LogP contribution in [0.1, 0.15) is 37.7 Å². The molecule has 0 nitrogen and oxygen atoms in total. The highest BCUT2D eigenvalue weighted by Gasteiger charge is 2.51. The van der Waals surface area contributed by atoms with Gasteiger partial charge in [-0.25, -0.2) is 0 Å². The molecule has 1 aliphatic heterocycles. The molecule has 1 fully saturated rings. The fourth-order valence-corrected chi connectivity index (χ4v) is 7.27. The number of hydrogen-bond donors (Lipinski definition) is 0. The van der Waals surface area contributed by atoms with E-state index in [1.165, 1.54) is 43.6 Å². The minimum absolute atomic E-state index is 0.396. The standard InChI is InChI=1S/C17H20S2/c1-2-6-13(7-3-1)17-9-5-4-8-14(17)12-15-16(17)19-11-10-18-15/h1-3,6-7,14H,4-5,8-12H2/t14-,17+/m0/s1. The second kappa shape index (κ2) is 4.89. The van der Waals surface area contributed by atoms with Gasteiger partial charge in [-0.2, -0.15) is 0 Å². The van der Waals surface area contributed by atoms with Crippen molar-refractivity contribution in [3.05, 3.63) is 45.7 Å². The molecule has 3 aliphatic rings. The fraction of sp³-hybridized carbons (Fsp3) is 0.529. The summed E-state index contributed by atoms with van der Waals surface area (Å²) in [5, 5.41) is 0. The molecule has 0 bridgehead atoms. The van der Waals surface area contributed by atoms with Gasteiger partial charge in [-0.3, -0.25) is 0 Å². The van der Waals surface area contributed by atoms with Crippen molar-refractivity contribution in [1.29, 1.82) is 0 Å². The molecule has 0 saturated heterocycles. The summed E-state index contributed by atoms with van der Waals surface area (Å²) in [6, 6.07) is 11.4. The number of rotatable bonds is 1. The predicted octanol–water partition coefficient (Wildman–Crippen LogP) is 5.21. The first-order valence-electron chi connectivity index (χ1n) is 7.46. The lowest BCUT2D eigenvalue weighted by Gasteiger charge is -2.42. The van der Waals surface area contributed by atoms with E-state index in [4.69, 9.17) is 0 Å². The minimum Gasteiger partial charge on any atom is -0.129 e. The van der Waals surface area contributed by atoms with Gasteiger partial charge in [0.2, 0.25) is 0 Å². The molecule has 1 heterocycles. The third-order valence-electron chi connectivity index (χ3n) is 5.06. The van der Waals surface area contributed by atoms with Crippen LogP contribution in [0.4, 0.5) is 0 Å². The summed E-state index contributed by atoms with van der Waals surface area (Å²) >= 11 is 4.32. The summed E-state index contributed by atoms with van der Waals surface area (Å²) in [5.41, 5.74) is 1.99. The van der Waals surface area contributed by atoms with Crippen molar-refractivity contribution in [3.8, 4) is 0 Å². The zero-order chi connectivity index (χ0) is 12.7. The molecule has 0 amide bonds. The lowest BCUT2D eigenvalue weighted by Crippen LogP contribution is -2.36. The van der Waals surface area contributed by atoms with E-state index in [0.29, 0.717) is 5.41 Å². The van der Waals surface area contributed by atoms with Crippen molar-refractivity contribution in [2.24, 2.45) is 5.92 Å². The molecule has 1 saturated carbocycles. The van der Waals surface area contributed by atoms with Crippen LogP contribution in [0.15, 0.2) is 40.1 Å². The van der Waals surface area contributed by atoms with Gasteiger partial charge in [0, 0.05) is 21.8 Å². The second-order valence-corrected chi connectivity index (χ2v) is 8.23. The van der Waals surface area contributed by atoms with Crippen molar-refractivity contribution in [1.82, 2.24) is 0 Å². The van der Waals surface area contributed by atoms with Crippen molar-refractivity contribution in [3.63, 3.8) is 0 Å². The maximum atomic E-state index is 2.38. The number of allylic oxidation sites excluding steroid dienone is 2. The summed E-state index contributed by atoms with van der Waals surface area (Å²) in [6.45, 7) is 0. The topological polar surface area (TPSA) is 0 Å². The van der Waals surface area contributed by atoms with Crippen molar-refractivity contribution >= 4 is 23.5 Å². The molecule has 0 unspecified atom stereocenters. The number of hydrogen-bond acceptors (Lipinski definition) is 2. The van der Waals surface area contributed by atoms with E-state index in [1.54, 1.807) is 15.4 Å². The lowest BCUT2D eigenvalue weighted by molar-refractivity contribution is 0.249. The maximum Gasteiger partial charge on any atom is 0.0301 e. The Morgan fingerprint density at radius 1 is 1.00 bits per heavy atom. The van der Waals surface area contributed by atoms with E-state index in [2.05, 4.69) is 53.9 Å². The molecule has 19 heavy (non-hydrogen) atoms. The Labute approximate surface area is 124 Å². The third-order valence-corrected chi connectivity index (χ3v) is 7.88. The normalized spacial score (nSPS) is 34.0. The van der Waals surface area contributed by atoms with Gasteiger partial charge in [-0.05, 0) is 35.6 Å². The Kier molecular flexibility index (Phi) is 3.19. The van der Waals surface area contributed by atoms with Crippen LogP contribution in [0, 0.1) is 5.92 Å². The van der Waals surface area contributed by atoms with Crippen LogP contribution in [0.25, 0.3) is 0 Å². The van der Waals surface area contributed by atoms with Gasteiger partial charge in [0.15, 0.2) is 0 Å². The molecule has 2 heteroatoms. The molecule has 2 aliphatic carbocycles. The molecular weight excluding hydrogens is 268 g/mol. The van der Waals surface area contributed by atoms with E-state index in [0.717, 1.165) is 5.92 Å². The summed E-state index contributed by atoms with van der Waals surface area (Å²) in [4.78, 5) is 3.51. The van der Waals surface area contributed by atoms with E-state index in [9.17, 15) is 0 Å². The molecule has 1 aromatic carbocycles. The number of benzene rings is 1. The van der Waals surface area contributed by atoms with Gasteiger partial charge in [-0.15, -0.1) is 23.5 Å². The minimum atomic E-state index is 0.396. The predicted molar refractivity (Wildman–Crippen MR) is 86.6 cm³/mol. The van der Waals surface area contributed by atoms with Crippen molar-refractivity contribution in [2.45, 2.75) is 37.5 Å². The zero-order valence-corrected chi connectivity index (χ0v) is 12.9. The second-order valence-electron chi connectivity index (χ2n) is 5.93. The van der Waals surface area contributed by atoms with Crippen LogP contribution in [-0.4, -0.2) is 11.5 Å². The van der Waals surface area contributed by atoms with Gasteiger partial charge in [0.25, 0.3) is 0 Å². The molecule has 4 rings (SSSR count).